The quantitative estimate of drug-likeness (QED) is 0.698. The monoisotopic (exact) mass is 240 g/mol. The van der Waals surface area contributed by atoms with Gasteiger partial charge in [0.15, 0.2) is 0 Å². The van der Waals surface area contributed by atoms with E-state index in [-0.39, 0.29) is 23.3 Å². The highest BCUT2D eigenvalue weighted by Gasteiger charge is 2.44. The lowest BCUT2D eigenvalue weighted by Gasteiger charge is -2.31. The summed E-state index contributed by atoms with van der Waals surface area (Å²) in [6.45, 7) is 4.23. The van der Waals surface area contributed by atoms with Crippen molar-refractivity contribution < 1.29 is 14.3 Å². The van der Waals surface area contributed by atoms with Crippen LogP contribution in [-0.2, 0) is 14.3 Å². The molecular formula is C12H20N2O3. The summed E-state index contributed by atoms with van der Waals surface area (Å²) in [5.41, 5.74) is -0.351. The number of nitrogens with zero attached hydrogens (tertiary/aromatic N) is 1. The van der Waals surface area contributed by atoms with E-state index in [4.69, 9.17) is 4.74 Å². The predicted octanol–water partition coefficient (Wildman–Crippen LogP) is 0.150. The molecule has 2 atom stereocenters. The van der Waals surface area contributed by atoms with Gasteiger partial charge < -0.3 is 15.0 Å². The van der Waals surface area contributed by atoms with E-state index in [9.17, 15) is 9.59 Å². The van der Waals surface area contributed by atoms with Crippen molar-refractivity contribution >= 4 is 11.9 Å². The van der Waals surface area contributed by atoms with Crippen LogP contribution in [0.5, 0.6) is 0 Å². The zero-order valence-electron chi connectivity index (χ0n) is 10.5. The van der Waals surface area contributed by atoms with Gasteiger partial charge in [-0.05, 0) is 32.7 Å². The number of carbonyl (C=O) groups excluding carboxylic acids is 2. The van der Waals surface area contributed by atoms with Crippen LogP contribution in [0.2, 0.25) is 0 Å². The minimum absolute atomic E-state index is 0.0930. The normalized spacial score (nSPS) is 32.8. The largest absolute Gasteiger partial charge is 0.467 e. The van der Waals surface area contributed by atoms with Crippen LogP contribution in [0, 0.1) is 5.41 Å². The third-order valence-corrected chi connectivity index (χ3v) is 3.87. The third-order valence-electron chi connectivity index (χ3n) is 3.87. The van der Waals surface area contributed by atoms with Crippen LogP contribution >= 0.6 is 0 Å². The Balaban J connectivity index is 2.10. The van der Waals surface area contributed by atoms with Gasteiger partial charge in [0.1, 0.15) is 6.04 Å². The van der Waals surface area contributed by atoms with Crippen molar-refractivity contribution in [3.8, 4) is 0 Å². The molecule has 0 aliphatic carbocycles. The molecule has 1 N–H and O–H groups in total. The van der Waals surface area contributed by atoms with Gasteiger partial charge in [-0.1, -0.05) is 0 Å². The van der Waals surface area contributed by atoms with E-state index in [0.717, 1.165) is 25.8 Å². The number of likely N-dealkylation sites (tertiary alicyclic amines) is 1. The molecule has 0 radical (unpaired) electrons. The molecule has 2 saturated heterocycles. The van der Waals surface area contributed by atoms with Crippen molar-refractivity contribution in [1.29, 1.82) is 0 Å². The minimum Gasteiger partial charge on any atom is -0.467 e. The lowest BCUT2D eigenvalue weighted by atomic mass is 9.88. The van der Waals surface area contributed by atoms with Crippen LogP contribution in [0.3, 0.4) is 0 Å². The van der Waals surface area contributed by atoms with Gasteiger partial charge in [0.2, 0.25) is 5.91 Å². The van der Waals surface area contributed by atoms with E-state index >= 15 is 0 Å². The smallest absolute Gasteiger partial charge is 0.328 e. The predicted molar refractivity (Wildman–Crippen MR) is 62.3 cm³/mol. The molecule has 2 aliphatic rings. The first-order valence-electron chi connectivity index (χ1n) is 6.18. The Hall–Kier alpha value is -1.10. The van der Waals surface area contributed by atoms with Gasteiger partial charge in [-0.3, -0.25) is 4.79 Å². The van der Waals surface area contributed by atoms with E-state index in [2.05, 4.69) is 5.32 Å². The number of methoxy groups -OCH3 is 1. The van der Waals surface area contributed by atoms with E-state index in [1.54, 1.807) is 4.90 Å². The second-order valence-electron chi connectivity index (χ2n) is 5.17. The van der Waals surface area contributed by atoms with Gasteiger partial charge in [0, 0.05) is 13.1 Å². The maximum atomic E-state index is 12.5. The zero-order chi connectivity index (χ0) is 12.5. The first kappa shape index (κ1) is 12.4. The van der Waals surface area contributed by atoms with Crippen molar-refractivity contribution in [2.45, 2.75) is 32.2 Å². The Morgan fingerprint density at radius 3 is 2.82 bits per heavy atom. The maximum absolute atomic E-state index is 12.5. The Morgan fingerprint density at radius 2 is 2.24 bits per heavy atom. The molecule has 5 heteroatoms. The third kappa shape index (κ3) is 2.16. The average Bonchev–Trinajstić information content (AvgIpc) is 2.96. The SMILES string of the molecule is COC(=O)C1CCCN1C(=O)C1(C)CCNC1. The molecule has 96 valence electrons. The number of carbonyl (C=O) groups is 2. The van der Waals surface area contributed by atoms with Gasteiger partial charge in [-0.15, -0.1) is 0 Å². The molecule has 0 saturated carbocycles. The molecule has 2 fully saturated rings. The Bertz CT molecular complexity index is 324. The number of rotatable bonds is 2. The zero-order valence-corrected chi connectivity index (χ0v) is 10.5. The van der Waals surface area contributed by atoms with Gasteiger partial charge in [-0.25, -0.2) is 4.79 Å². The summed E-state index contributed by atoms with van der Waals surface area (Å²) < 4.78 is 4.76. The van der Waals surface area contributed by atoms with Crippen LogP contribution in [-0.4, -0.2) is 49.6 Å². The maximum Gasteiger partial charge on any atom is 0.328 e. The lowest BCUT2D eigenvalue weighted by molar-refractivity contribution is -0.154. The van der Waals surface area contributed by atoms with Crippen molar-refractivity contribution in [2.75, 3.05) is 26.7 Å². The van der Waals surface area contributed by atoms with E-state index in [1.807, 2.05) is 6.92 Å². The molecule has 5 nitrogen and oxygen atoms in total. The summed E-state index contributed by atoms with van der Waals surface area (Å²) in [7, 11) is 1.38. The molecule has 0 aromatic rings. The van der Waals surface area contributed by atoms with Gasteiger partial charge in [0.25, 0.3) is 0 Å². The van der Waals surface area contributed by atoms with Crippen LogP contribution in [0.4, 0.5) is 0 Å². The highest BCUT2D eigenvalue weighted by atomic mass is 16.5. The summed E-state index contributed by atoms with van der Waals surface area (Å²) >= 11 is 0. The lowest BCUT2D eigenvalue weighted by Crippen LogP contribution is -2.48. The molecule has 17 heavy (non-hydrogen) atoms. The summed E-state index contributed by atoms with van der Waals surface area (Å²) in [4.78, 5) is 25.8. The first-order chi connectivity index (χ1) is 8.08. The summed E-state index contributed by atoms with van der Waals surface area (Å²) in [5.74, 6) is -0.194. The number of amides is 1. The highest BCUT2D eigenvalue weighted by Crippen LogP contribution is 2.31. The molecule has 2 rings (SSSR count). The van der Waals surface area contributed by atoms with Crippen LogP contribution < -0.4 is 5.32 Å². The molecule has 0 spiro atoms. The fourth-order valence-electron chi connectivity index (χ4n) is 2.74. The van der Waals surface area contributed by atoms with Crippen LogP contribution in [0.1, 0.15) is 26.2 Å². The first-order valence-corrected chi connectivity index (χ1v) is 6.18. The fraction of sp³-hybridized carbons (Fsp3) is 0.833. The van der Waals surface area contributed by atoms with Gasteiger partial charge >= 0.3 is 5.97 Å². The van der Waals surface area contributed by atoms with Gasteiger partial charge in [-0.2, -0.15) is 0 Å². The second-order valence-corrected chi connectivity index (χ2v) is 5.17. The summed E-state index contributed by atoms with van der Waals surface area (Å²) in [5, 5.41) is 3.21. The molecule has 2 aliphatic heterocycles. The Labute approximate surface area is 101 Å². The minimum atomic E-state index is -0.370. The Morgan fingerprint density at radius 1 is 1.47 bits per heavy atom. The molecule has 0 bridgehead atoms. The number of esters is 1. The van der Waals surface area contributed by atoms with Gasteiger partial charge in [0.05, 0.1) is 12.5 Å². The van der Waals surface area contributed by atoms with Crippen LogP contribution in [0.25, 0.3) is 0 Å². The molecule has 2 heterocycles. The number of hydrogen-bond acceptors (Lipinski definition) is 4. The molecular weight excluding hydrogens is 220 g/mol. The van der Waals surface area contributed by atoms with Crippen molar-refractivity contribution in [3.05, 3.63) is 0 Å². The molecule has 0 aromatic carbocycles. The topological polar surface area (TPSA) is 58.6 Å². The Kier molecular flexibility index (Phi) is 3.38. The second kappa shape index (κ2) is 4.64. The van der Waals surface area contributed by atoms with Crippen LogP contribution in [0.15, 0.2) is 0 Å². The molecule has 2 unspecified atom stereocenters. The van der Waals surface area contributed by atoms with E-state index < -0.39 is 0 Å². The van der Waals surface area contributed by atoms with Crippen molar-refractivity contribution in [1.82, 2.24) is 10.2 Å². The number of hydrogen-bond donors (Lipinski definition) is 1. The van der Waals surface area contributed by atoms with E-state index in [1.165, 1.54) is 7.11 Å². The fourth-order valence-corrected chi connectivity index (χ4v) is 2.74. The van der Waals surface area contributed by atoms with Crippen molar-refractivity contribution in [3.63, 3.8) is 0 Å². The molecule has 1 amide bonds. The highest BCUT2D eigenvalue weighted by molar-refractivity contribution is 5.88. The van der Waals surface area contributed by atoms with E-state index in [0.29, 0.717) is 13.1 Å². The number of nitrogens with one attached hydrogen (secondary N) is 1. The standard InChI is InChI=1S/C12H20N2O3/c1-12(5-6-13-8-12)11(16)14-7-3-4-9(14)10(15)17-2/h9,13H,3-8H2,1-2H3. The summed E-state index contributed by atoms with van der Waals surface area (Å²) in [6.07, 6.45) is 2.45. The number of ether oxygens (including phenoxy) is 1. The average molecular weight is 240 g/mol. The van der Waals surface area contributed by atoms with Crippen molar-refractivity contribution in [2.24, 2.45) is 5.41 Å². The molecule has 0 aromatic heterocycles. The summed E-state index contributed by atoms with van der Waals surface area (Å²) in [6, 6.07) is -0.370.